The van der Waals surface area contributed by atoms with E-state index >= 15 is 0 Å². The number of carbonyl (C=O) groups excluding carboxylic acids is 1. The summed E-state index contributed by atoms with van der Waals surface area (Å²) >= 11 is 0. The first-order valence-electron chi connectivity index (χ1n) is 7.93. The monoisotopic (exact) mass is 302 g/mol. The van der Waals surface area contributed by atoms with Crippen molar-refractivity contribution >= 4 is 23.3 Å². The molecule has 0 radical (unpaired) electrons. The summed E-state index contributed by atoms with van der Waals surface area (Å²) in [7, 11) is 0. The van der Waals surface area contributed by atoms with Gasteiger partial charge in [0.2, 0.25) is 5.91 Å². The lowest BCUT2D eigenvalue weighted by Crippen LogP contribution is -2.35. The Morgan fingerprint density at radius 1 is 1.18 bits per heavy atom. The van der Waals surface area contributed by atoms with Crippen molar-refractivity contribution in [2.75, 3.05) is 29.4 Å². The number of para-hydroxylation sites is 2. The molecule has 0 bridgehead atoms. The molecule has 2 aliphatic heterocycles. The topological polar surface area (TPSA) is 60.9 Å². The fourth-order valence-corrected chi connectivity index (χ4v) is 3.32. The Balaban J connectivity index is 1.85. The van der Waals surface area contributed by atoms with Gasteiger partial charge in [-0.25, -0.2) is 0 Å². The van der Waals surface area contributed by atoms with Gasteiger partial charge >= 0.3 is 5.97 Å². The molecule has 1 aromatic carbocycles. The van der Waals surface area contributed by atoms with E-state index in [2.05, 4.69) is 11.8 Å². The fraction of sp³-hybridized carbons (Fsp3) is 0.529. The molecular formula is C17H22N2O3. The molecule has 1 N–H and O–H groups in total. The van der Waals surface area contributed by atoms with Gasteiger partial charge in [-0.3, -0.25) is 9.59 Å². The largest absolute Gasteiger partial charge is 0.481 e. The summed E-state index contributed by atoms with van der Waals surface area (Å²) in [5, 5.41) is 9.15. The van der Waals surface area contributed by atoms with Crippen LogP contribution in [0.3, 0.4) is 0 Å². The van der Waals surface area contributed by atoms with Crippen molar-refractivity contribution in [1.82, 2.24) is 0 Å². The summed E-state index contributed by atoms with van der Waals surface area (Å²) < 4.78 is 0. The van der Waals surface area contributed by atoms with Gasteiger partial charge in [0.25, 0.3) is 0 Å². The number of piperidine rings is 1. The second kappa shape index (κ2) is 5.99. The van der Waals surface area contributed by atoms with Crippen LogP contribution in [0.4, 0.5) is 11.4 Å². The third-order valence-corrected chi connectivity index (χ3v) is 4.77. The number of hydrogen-bond donors (Lipinski definition) is 1. The summed E-state index contributed by atoms with van der Waals surface area (Å²) in [4.78, 5) is 27.3. The number of carboxylic acids is 1. The molecule has 0 unspecified atom stereocenters. The van der Waals surface area contributed by atoms with Crippen molar-refractivity contribution in [2.45, 2.75) is 26.2 Å². The molecule has 118 valence electrons. The van der Waals surface area contributed by atoms with Crippen LogP contribution < -0.4 is 9.80 Å². The third-order valence-electron chi connectivity index (χ3n) is 4.77. The SMILES string of the molecule is CC1CCN(c2ccccc2N2C[C@H](C(=O)O)CC2=O)CC1. The van der Waals surface area contributed by atoms with E-state index in [1.54, 1.807) is 4.90 Å². The zero-order valence-electron chi connectivity index (χ0n) is 12.9. The van der Waals surface area contributed by atoms with Crippen molar-refractivity contribution in [3.63, 3.8) is 0 Å². The predicted octanol–water partition coefficient (Wildman–Crippen LogP) is 2.36. The Hall–Kier alpha value is -2.04. The normalized spacial score (nSPS) is 23.1. The molecule has 2 heterocycles. The first kappa shape index (κ1) is 14.9. The Morgan fingerprint density at radius 3 is 2.41 bits per heavy atom. The lowest BCUT2D eigenvalue weighted by atomic mass is 9.98. The molecule has 2 fully saturated rings. The Kier molecular flexibility index (Phi) is 4.05. The molecule has 0 spiro atoms. The number of aliphatic carboxylic acids is 1. The van der Waals surface area contributed by atoms with Crippen LogP contribution in [-0.4, -0.2) is 36.6 Å². The first-order valence-corrected chi connectivity index (χ1v) is 7.93. The molecule has 22 heavy (non-hydrogen) atoms. The van der Waals surface area contributed by atoms with E-state index in [-0.39, 0.29) is 18.9 Å². The maximum Gasteiger partial charge on any atom is 0.308 e. The van der Waals surface area contributed by atoms with Crippen molar-refractivity contribution in [1.29, 1.82) is 0 Å². The summed E-state index contributed by atoms with van der Waals surface area (Å²) in [6.07, 6.45) is 2.40. The molecule has 1 aromatic rings. The maximum atomic E-state index is 12.2. The fourth-order valence-electron chi connectivity index (χ4n) is 3.32. The highest BCUT2D eigenvalue weighted by molar-refractivity contribution is 6.01. The number of carboxylic acid groups (broad SMARTS) is 1. The van der Waals surface area contributed by atoms with Crippen LogP contribution in [0.2, 0.25) is 0 Å². The smallest absolute Gasteiger partial charge is 0.308 e. The second-order valence-electron chi connectivity index (χ2n) is 6.40. The van der Waals surface area contributed by atoms with Gasteiger partial charge in [0.15, 0.2) is 0 Å². The van der Waals surface area contributed by atoms with Gasteiger partial charge in [0, 0.05) is 26.1 Å². The lowest BCUT2D eigenvalue weighted by molar-refractivity contribution is -0.141. The summed E-state index contributed by atoms with van der Waals surface area (Å²) in [5.41, 5.74) is 1.90. The van der Waals surface area contributed by atoms with Crippen molar-refractivity contribution < 1.29 is 14.7 Å². The van der Waals surface area contributed by atoms with Crippen LogP contribution in [-0.2, 0) is 9.59 Å². The van der Waals surface area contributed by atoms with E-state index < -0.39 is 11.9 Å². The minimum absolute atomic E-state index is 0.0924. The van der Waals surface area contributed by atoms with Crippen molar-refractivity contribution in [3.05, 3.63) is 24.3 Å². The van der Waals surface area contributed by atoms with Crippen LogP contribution in [0.5, 0.6) is 0 Å². The first-order chi connectivity index (χ1) is 10.6. The molecule has 2 aliphatic rings. The van der Waals surface area contributed by atoms with Gasteiger partial charge in [-0.1, -0.05) is 19.1 Å². The van der Waals surface area contributed by atoms with Crippen LogP contribution in [0.15, 0.2) is 24.3 Å². The molecule has 0 aromatic heterocycles. The molecule has 0 aliphatic carbocycles. The zero-order valence-corrected chi connectivity index (χ0v) is 12.9. The minimum Gasteiger partial charge on any atom is -0.481 e. The van der Waals surface area contributed by atoms with E-state index in [0.29, 0.717) is 0 Å². The second-order valence-corrected chi connectivity index (χ2v) is 6.40. The number of nitrogens with zero attached hydrogens (tertiary/aromatic N) is 2. The maximum absolute atomic E-state index is 12.2. The van der Waals surface area contributed by atoms with Crippen LogP contribution in [0, 0.1) is 11.8 Å². The molecule has 3 rings (SSSR count). The quantitative estimate of drug-likeness (QED) is 0.931. The predicted molar refractivity (Wildman–Crippen MR) is 85.1 cm³/mol. The molecule has 2 saturated heterocycles. The average molecular weight is 302 g/mol. The minimum atomic E-state index is -0.889. The van der Waals surface area contributed by atoms with Crippen molar-refractivity contribution in [2.24, 2.45) is 11.8 Å². The number of rotatable bonds is 3. The lowest BCUT2D eigenvalue weighted by Gasteiger charge is -2.34. The Morgan fingerprint density at radius 2 is 1.82 bits per heavy atom. The molecular weight excluding hydrogens is 280 g/mol. The number of carbonyl (C=O) groups is 2. The highest BCUT2D eigenvalue weighted by atomic mass is 16.4. The van der Waals surface area contributed by atoms with Crippen molar-refractivity contribution in [3.8, 4) is 0 Å². The highest BCUT2D eigenvalue weighted by Gasteiger charge is 2.36. The Labute approximate surface area is 130 Å². The summed E-state index contributed by atoms with van der Waals surface area (Å²) in [6.45, 7) is 4.52. The number of anilines is 2. The van der Waals surface area contributed by atoms with E-state index in [1.165, 1.54) is 0 Å². The molecule has 5 nitrogen and oxygen atoms in total. The summed E-state index contributed by atoms with van der Waals surface area (Å²) in [6, 6.07) is 7.85. The van der Waals surface area contributed by atoms with Gasteiger partial charge in [0.1, 0.15) is 0 Å². The third kappa shape index (κ3) is 2.80. The van der Waals surface area contributed by atoms with Crippen LogP contribution >= 0.6 is 0 Å². The average Bonchev–Trinajstić information content (AvgIpc) is 2.90. The number of amides is 1. The van der Waals surface area contributed by atoms with Crippen LogP contribution in [0.1, 0.15) is 26.2 Å². The standard InChI is InChI=1S/C17H22N2O3/c1-12-6-8-18(9-7-12)14-4-2-3-5-15(14)19-11-13(17(21)22)10-16(19)20/h2-5,12-13H,6-11H2,1H3,(H,21,22)/t13-/m1/s1. The molecule has 1 atom stereocenters. The molecule has 0 saturated carbocycles. The highest BCUT2D eigenvalue weighted by Crippen LogP contribution is 2.35. The zero-order chi connectivity index (χ0) is 15.7. The number of hydrogen-bond acceptors (Lipinski definition) is 3. The van der Waals surface area contributed by atoms with Gasteiger partial charge < -0.3 is 14.9 Å². The van der Waals surface area contributed by atoms with Gasteiger partial charge in [0.05, 0.1) is 17.3 Å². The van der Waals surface area contributed by atoms with Gasteiger partial charge in [-0.15, -0.1) is 0 Å². The van der Waals surface area contributed by atoms with E-state index in [9.17, 15) is 9.59 Å². The Bertz CT molecular complexity index is 579. The molecule has 5 heteroatoms. The van der Waals surface area contributed by atoms with Gasteiger partial charge in [-0.05, 0) is 30.9 Å². The molecule has 1 amide bonds. The number of benzene rings is 1. The van der Waals surface area contributed by atoms with Crippen LogP contribution in [0.25, 0.3) is 0 Å². The van der Waals surface area contributed by atoms with E-state index in [4.69, 9.17) is 5.11 Å². The summed E-state index contributed by atoms with van der Waals surface area (Å²) in [5.74, 6) is -0.833. The van der Waals surface area contributed by atoms with E-state index in [1.807, 2.05) is 24.3 Å². The van der Waals surface area contributed by atoms with E-state index in [0.717, 1.165) is 43.2 Å². The van der Waals surface area contributed by atoms with Gasteiger partial charge in [-0.2, -0.15) is 0 Å².